The zero-order valence-corrected chi connectivity index (χ0v) is 12.9. The number of nitrogen functional groups attached to an aromatic ring is 1. The molecule has 0 radical (unpaired) electrons. The molecule has 0 amide bonds. The van der Waals surface area contributed by atoms with Crippen molar-refractivity contribution in [3.8, 4) is 0 Å². The van der Waals surface area contributed by atoms with Gasteiger partial charge in [0.1, 0.15) is 9.90 Å². The lowest BCUT2D eigenvalue weighted by Crippen LogP contribution is -2.10. The van der Waals surface area contributed by atoms with Crippen molar-refractivity contribution < 1.29 is 13.2 Å². The number of carbonyl (C=O) groups is 1. The zero-order chi connectivity index (χ0) is 14.8. The molecule has 0 aliphatic heterocycles. The summed E-state index contributed by atoms with van der Waals surface area (Å²) >= 11 is 1.07. The standard InChI is InChI=1S/C12H18N2O3S2/c1-5-19(16,17)11-9(13)10(8(4)15)18-12(11)14-6-7(2)3/h14H,2,5-6,13H2,1,3-4H3. The first-order chi connectivity index (χ1) is 8.70. The van der Waals surface area contributed by atoms with E-state index in [1.54, 1.807) is 6.92 Å². The van der Waals surface area contributed by atoms with Gasteiger partial charge in [0, 0.05) is 13.5 Å². The minimum Gasteiger partial charge on any atom is -0.396 e. The summed E-state index contributed by atoms with van der Waals surface area (Å²) in [6.45, 7) is 8.91. The third-order valence-corrected chi connectivity index (χ3v) is 5.66. The summed E-state index contributed by atoms with van der Waals surface area (Å²) in [7, 11) is -3.48. The van der Waals surface area contributed by atoms with Gasteiger partial charge in [-0.2, -0.15) is 0 Å². The molecule has 1 rings (SSSR count). The summed E-state index contributed by atoms with van der Waals surface area (Å²) in [6.07, 6.45) is 0. The van der Waals surface area contributed by atoms with Crippen LogP contribution in [0.5, 0.6) is 0 Å². The van der Waals surface area contributed by atoms with E-state index in [1.807, 2.05) is 6.92 Å². The predicted octanol–water partition coefficient (Wildman–Crippen LogP) is 2.31. The van der Waals surface area contributed by atoms with Crippen molar-refractivity contribution >= 4 is 37.6 Å². The Labute approximate surface area is 117 Å². The molecule has 19 heavy (non-hydrogen) atoms. The second-order valence-electron chi connectivity index (χ2n) is 4.27. The zero-order valence-electron chi connectivity index (χ0n) is 11.2. The van der Waals surface area contributed by atoms with E-state index in [9.17, 15) is 13.2 Å². The van der Waals surface area contributed by atoms with Crippen LogP contribution in [-0.2, 0) is 9.84 Å². The van der Waals surface area contributed by atoms with Gasteiger partial charge < -0.3 is 11.1 Å². The molecule has 7 heteroatoms. The van der Waals surface area contributed by atoms with E-state index in [2.05, 4.69) is 11.9 Å². The molecule has 106 valence electrons. The van der Waals surface area contributed by atoms with E-state index in [-0.39, 0.29) is 27.0 Å². The van der Waals surface area contributed by atoms with Crippen LogP contribution in [0.3, 0.4) is 0 Å². The number of hydrogen-bond acceptors (Lipinski definition) is 6. The molecule has 0 saturated carbocycles. The average molecular weight is 302 g/mol. The van der Waals surface area contributed by atoms with Crippen LogP contribution in [-0.4, -0.2) is 26.5 Å². The Morgan fingerprint density at radius 2 is 2.00 bits per heavy atom. The van der Waals surface area contributed by atoms with Gasteiger partial charge in [-0.05, 0) is 6.92 Å². The quantitative estimate of drug-likeness (QED) is 0.622. The lowest BCUT2D eigenvalue weighted by molar-refractivity contribution is 0.102. The van der Waals surface area contributed by atoms with Crippen LogP contribution in [0.15, 0.2) is 17.0 Å². The molecular formula is C12H18N2O3S2. The van der Waals surface area contributed by atoms with Crippen molar-refractivity contribution in [3.05, 3.63) is 17.0 Å². The number of ketones is 1. The summed E-state index contributed by atoms with van der Waals surface area (Å²) in [4.78, 5) is 11.8. The monoisotopic (exact) mass is 302 g/mol. The Kier molecular flexibility index (Phi) is 4.75. The Morgan fingerprint density at radius 3 is 2.42 bits per heavy atom. The van der Waals surface area contributed by atoms with Gasteiger partial charge in [-0.1, -0.05) is 19.1 Å². The maximum Gasteiger partial charge on any atom is 0.183 e. The highest BCUT2D eigenvalue weighted by molar-refractivity contribution is 7.91. The third kappa shape index (κ3) is 3.36. The smallest absolute Gasteiger partial charge is 0.183 e. The summed E-state index contributed by atoms with van der Waals surface area (Å²) in [5.41, 5.74) is 6.72. The topological polar surface area (TPSA) is 89.3 Å². The van der Waals surface area contributed by atoms with E-state index < -0.39 is 9.84 Å². The van der Waals surface area contributed by atoms with Crippen molar-refractivity contribution in [3.63, 3.8) is 0 Å². The van der Waals surface area contributed by atoms with Crippen molar-refractivity contribution in [2.24, 2.45) is 0 Å². The molecule has 0 fully saturated rings. The van der Waals surface area contributed by atoms with Crippen molar-refractivity contribution in [2.75, 3.05) is 23.3 Å². The van der Waals surface area contributed by atoms with Gasteiger partial charge in [0.25, 0.3) is 0 Å². The molecule has 0 bridgehead atoms. The molecule has 0 atom stereocenters. The van der Waals surface area contributed by atoms with Gasteiger partial charge in [0.05, 0.1) is 16.3 Å². The molecule has 3 N–H and O–H groups in total. The molecule has 1 heterocycles. The SMILES string of the molecule is C=C(C)CNc1sc(C(C)=O)c(N)c1S(=O)(=O)CC. The van der Waals surface area contributed by atoms with Gasteiger partial charge >= 0.3 is 0 Å². The fraction of sp³-hybridized carbons (Fsp3) is 0.417. The average Bonchev–Trinajstić information content (AvgIpc) is 2.64. The van der Waals surface area contributed by atoms with Crippen LogP contribution in [0.2, 0.25) is 0 Å². The molecule has 0 unspecified atom stereocenters. The first kappa shape index (κ1) is 15.7. The largest absolute Gasteiger partial charge is 0.396 e. The maximum atomic E-state index is 12.1. The Morgan fingerprint density at radius 1 is 1.42 bits per heavy atom. The number of nitrogens with two attached hydrogens (primary N) is 1. The van der Waals surface area contributed by atoms with Crippen molar-refractivity contribution in [1.82, 2.24) is 0 Å². The normalized spacial score (nSPS) is 11.3. The lowest BCUT2D eigenvalue weighted by Gasteiger charge is -2.07. The van der Waals surface area contributed by atoms with Crippen molar-refractivity contribution in [1.29, 1.82) is 0 Å². The van der Waals surface area contributed by atoms with E-state index in [0.717, 1.165) is 16.9 Å². The predicted molar refractivity (Wildman–Crippen MR) is 79.8 cm³/mol. The van der Waals surface area contributed by atoms with E-state index in [0.29, 0.717) is 11.5 Å². The van der Waals surface area contributed by atoms with Gasteiger partial charge in [-0.15, -0.1) is 11.3 Å². The summed E-state index contributed by atoms with van der Waals surface area (Å²) < 4.78 is 24.2. The van der Waals surface area contributed by atoms with Gasteiger partial charge in [-0.25, -0.2) is 8.42 Å². The second kappa shape index (κ2) is 5.75. The molecule has 0 aliphatic carbocycles. The van der Waals surface area contributed by atoms with Crippen molar-refractivity contribution in [2.45, 2.75) is 25.7 Å². The molecule has 1 aromatic heterocycles. The second-order valence-corrected chi connectivity index (χ2v) is 7.51. The molecule has 0 spiro atoms. The Hall–Kier alpha value is -1.34. The van der Waals surface area contributed by atoms with Crippen LogP contribution in [0.4, 0.5) is 10.7 Å². The first-order valence-electron chi connectivity index (χ1n) is 5.74. The fourth-order valence-corrected chi connectivity index (χ4v) is 4.05. The summed E-state index contributed by atoms with van der Waals surface area (Å²) in [5, 5.41) is 3.39. The highest BCUT2D eigenvalue weighted by Gasteiger charge is 2.27. The Balaban J connectivity index is 3.40. The van der Waals surface area contributed by atoms with Gasteiger partial charge in [0.2, 0.25) is 0 Å². The number of anilines is 2. The van der Waals surface area contributed by atoms with Gasteiger partial charge in [-0.3, -0.25) is 4.79 Å². The lowest BCUT2D eigenvalue weighted by atomic mass is 10.3. The van der Waals surface area contributed by atoms with Crippen LogP contribution in [0.1, 0.15) is 30.4 Å². The molecule has 5 nitrogen and oxygen atoms in total. The van der Waals surface area contributed by atoms with Crippen LogP contribution in [0, 0.1) is 0 Å². The number of sulfone groups is 1. The fourth-order valence-electron chi connectivity index (χ4n) is 1.49. The van der Waals surface area contributed by atoms with Crippen LogP contribution < -0.4 is 11.1 Å². The number of thiophene rings is 1. The number of Topliss-reactive ketones (excluding diaryl/α,β-unsaturated/α-hetero) is 1. The molecular weight excluding hydrogens is 284 g/mol. The summed E-state index contributed by atoms with van der Waals surface area (Å²) in [5.74, 6) is -0.300. The van der Waals surface area contributed by atoms with E-state index in [4.69, 9.17) is 5.73 Å². The minimum atomic E-state index is -3.48. The number of carbonyl (C=O) groups excluding carboxylic acids is 1. The van der Waals surface area contributed by atoms with E-state index >= 15 is 0 Å². The number of hydrogen-bond donors (Lipinski definition) is 2. The highest BCUT2D eigenvalue weighted by atomic mass is 32.2. The van der Waals surface area contributed by atoms with Crippen LogP contribution >= 0.6 is 11.3 Å². The molecule has 0 saturated heterocycles. The molecule has 0 aromatic carbocycles. The highest BCUT2D eigenvalue weighted by Crippen LogP contribution is 2.39. The third-order valence-electron chi connectivity index (χ3n) is 2.46. The number of rotatable bonds is 6. The van der Waals surface area contributed by atoms with Gasteiger partial charge in [0.15, 0.2) is 15.6 Å². The maximum absolute atomic E-state index is 12.1. The Bertz CT molecular complexity index is 615. The van der Waals surface area contributed by atoms with E-state index in [1.165, 1.54) is 6.92 Å². The number of nitrogens with one attached hydrogen (secondary N) is 1. The van der Waals surface area contributed by atoms with Crippen LogP contribution in [0.25, 0.3) is 0 Å². The minimum absolute atomic E-state index is 0.0338. The summed E-state index contributed by atoms with van der Waals surface area (Å²) in [6, 6.07) is 0. The first-order valence-corrected chi connectivity index (χ1v) is 8.21. The molecule has 0 aliphatic rings. The molecule has 1 aromatic rings.